The van der Waals surface area contributed by atoms with E-state index >= 15 is 0 Å². The summed E-state index contributed by atoms with van der Waals surface area (Å²) in [5.41, 5.74) is 2.47. The van der Waals surface area contributed by atoms with Gasteiger partial charge in [-0.3, -0.25) is 19.1 Å². The van der Waals surface area contributed by atoms with Crippen LogP contribution >= 0.6 is 0 Å². The van der Waals surface area contributed by atoms with Crippen molar-refractivity contribution in [3.05, 3.63) is 130 Å². The maximum atomic E-state index is 13.3. The number of unbranched alkanes of at least 4 members (excludes halogenated alkanes) is 3. The molecular formula is C46H50N6O11. The molecule has 0 saturated carbocycles. The molecule has 0 radical (unpaired) electrons. The molecule has 63 heavy (non-hydrogen) atoms. The minimum atomic E-state index is -1.41. The number of nitrogens with one attached hydrogen (secondary N) is 3. The highest BCUT2D eigenvalue weighted by atomic mass is 16.6. The lowest BCUT2D eigenvalue weighted by molar-refractivity contribution is 0.0157. The third kappa shape index (κ3) is 10.8. The van der Waals surface area contributed by atoms with Crippen LogP contribution in [0.25, 0.3) is 0 Å². The van der Waals surface area contributed by atoms with Gasteiger partial charge in [0, 0.05) is 78.4 Å². The van der Waals surface area contributed by atoms with Gasteiger partial charge in [0.2, 0.25) is 0 Å². The molecule has 0 atom stereocenters. The molecule has 2 aliphatic rings. The van der Waals surface area contributed by atoms with Crippen LogP contribution in [0.3, 0.4) is 0 Å². The van der Waals surface area contributed by atoms with Crippen LogP contribution in [0, 0.1) is 0 Å². The highest BCUT2D eigenvalue weighted by molar-refractivity contribution is 6.02. The first-order chi connectivity index (χ1) is 30.6. The molecular weight excluding hydrogens is 813 g/mol. The first-order valence-electron chi connectivity index (χ1n) is 20.9. The number of ether oxygens (including phenoxy) is 5. The summed E-state index contributed by atoms with van der Waals surface area (Å²) in [7, 11) is 1.85. The SMILES string of the molecule is Cn1cc(CCCCCCNC(=O)c2ccc(C(=O)NCCOCCOCCOCCNC(=O)c3ccc4c(c3)C(=O)OC43c4ccc(O)cc4Oc4cc(O)ccc43)cc2)nn1. The Morgan fingerprint density at radius 2 is 1.14 bits per heavy atom. The number of nitrogens with zero attached hydrogens (tertiary/aromatic N) is 3. The van der Waals surface area contributed by atoms with Crippen molar-refractivity contribution in [1.29, 1.82) is 0 Å². The monoisotopic (exact) mass is 862 g/mol. The number of carbonyl (C=O) groups excluding carboxylic acids is 4. The quantitative estimate of drug-likeness (QED) is 0.0477. The van der Waals surface area contributed by atoms with Crippen LogP contribution in [-0.4, -0.2) is 108 Å². The van der Waals surface area contributed by atoms with Crippen molar-refractivity contribution >= 4 is 23.7 Å². The Balaban J connectivity index is 0.723. The van der Waals surface area contributed by atoms with E-state index in [0.717, 1.165) is 37.8 Å². The largest absolute Gasteiger partial charge is 0.508 e. The third-order valence-electron chi connectivity index (χ3n) is 10.5. The van der Waals surface area contributed by atoms with Gasteiger partial charge in [-0.05, 0) is 79.9 Å². The van der Waals surface area contributed by atoms with E-state index in [-0.39, 0.29) is 59.1 Å². The molecule has 1 aromatic heterocycles. The molecule has 17 heteroatoms. The van der Waals surface area contributed by atoms with Gasteiger partial charge in [-0.1, -0.05) is 24.1 Å². The second kappa shape index (κ2) is 20.8. The summed E-state index contributed by atoms with van der Waals surface area (Å²) in [6, 6.07) is 20.3. The van der Waals surface area contributed by atoms with Crippen molar-refractivity contribution in [2.75, 3.05) is 59.3 Å². The number of aryl methyl sites for hydroxylation is 2. The van der Waals surface area contributed by atoms with E-state index in [1.165, 1.54) is 30.3 Å². The first kappa shape index (κ1) is 44.2. The van der Waals surface area contributed by atoms with Gasteiger partial charge in [-0.15, -0.1) is 5.10 Å². The smallest absolute Gasteiger partial charge is 0.340 e. The summed E-state index contributed by atoms with van der Waals surface area (Å²) in [6.07, 6.45) is 6.81. The highest BCUT2D eigenvalue weighted by Crippen LogP contribution is 2.57. The van der Waals surface area contributed by atoms with Crippen molar-refractivity contribution in [1.82, 2.24) is 30.9 Å². The zero-order valence-electron chi connectivity index (χ0n) is 34.9. The molecule has 1 spiro atoms. The van der Waals surface area contributed by atoms with Crippen molar-refractivity contribution in [3.63, 3.8) is 0 Å². The van der Waals surface area contributed by atoms with Crippen LogP contribution in [0.5, 0.6) is 23.0 Å². The second-order valence-electron chi connectivity index (χ2n) is 15.0. The zero-order valence-corrected chi connectivity index (χ0v) is 34.9. The number of benzene rings is 4. The van der Waals surface area contributed by atoms with Gasteiger partial charge in [-0.25, -0.2) is 4.79 Å². The number of hydrogen-bond donors (Lipinski definition) is 5. The summed E-state index contributed by atoms with van der Waals surface area (Å²) in [4.78, 5) is 51.4. The highest BCUT2D eigenvalue weighted by Gasteiger charge is 2.53. The predicted molar refractivity (Wildman–Crippen MR) is 227 cm³/mol. The predicted octanol–water partition coefficient (Wildman–Crippen LogP) is 4.54. The van der Waals surface area contributed by atoms with E-state index in [1.807, 2.05) is 13.2 Å². The number of hydrogen-bond acceptors (Lipinski definition) is 13. The van der Waals surface area contributed by atoms with E-state index < -0.39 is 17.5 Å². The van der Waals surface area contributed by atoms with Crippen LogP contribution in [-0.2, 0) is 38.0 Å². The van der Waals surface area contributed by atoms with Gasteiger partial charge in [0.15, 0.2) is 5.60 Å². The molecule has 330 valence electrons. The fourth-order valence-corrected chi connectivity index (χ4v) is 7.44. The Hall–Kier alpha value is -6.82. The van der Waals surface area contributed by atoms with Gasteiger partial charge in [-0.2, -0.15) is 0 Å². The summed E-state index contributed by atoms with van der Waals surface area (Å²) in [5, 5.41) is 36.8. The number of aromatic nitrogens is 3. The molecule has 17 nitrogen and oxygen atoms in total. The Kier molecular flexibility index (Phi) is 14.6. The molecule has 0 fully saturated rings. The number of rotatable bonds is 22. The fraction of sp³-hybridized carbons (Fsp3) is 0.348. The van der Waals surface area contributed by atoms with Crippen molar-refractivity contribution in [2.24, 2.45) is 7.05 Å². The van der Waals surface area contributed by atoms with Gasteiger partial charge in [0.05, 0.1) is 50.9 Å². The molecule has 7 rings (SSSR count). The minimum Gasteiger partial charge on any atom is -0.508 e. The third-order valence-corrected chi connectivity index (χ3v) is 10.5. The summed E-state index contributed by atoms with van der Waals surface area (Å²) >= 11 is 0. The van der Waals surface area contributed by atoms with Gasteiger partial charge >= 0.3 is 5.97 Å². The summed E-state index contributed by atoms with van der Waals surface area (Å²) in [6.45, 7) is 2.92. The molecule has 0 aliphatic carbocycles. The molecule has 3 heterocycles. The lowest BCUT2D eigenvalue weighted by Crippen LogP contribution is -2.33. The van der Waals surface area contributed by atoms with E-state index in [0.29, 0.717) is 73.9 Å². The molecule has 0 bridgehead atoms. The van der Waals surface area contributed by atoms with Crippen molar-refractivity contribution < 1.29 is 53.1 Å². The van der Waals surface area contributed by atoms with E-state index in [4.69, 9.17) is 23.7 Å². The van der Waals surface area contributed by atoms with Crippen LogP contribution < -0.4 is 20.7 Å². The Bertz CT molecular complexity index is 2370. The lowest BCUT2D eigenvalue weighted by Gasteiger charge is -2.36. The normalized spacial score (nSPS) is 13.1. The molecule has 5 aromatic rings. The Morgan fingerprint density at radius 1 is 0.635 bits per heavy atom. The maximum absolute atomic E-state index is 13.3. The number of amides is 3. The van der Waals surface area contributed by atoms with Crippen LogP contribution in [0.4, 0.5) is 0 Å². The molecule has 5 N–H and O–H groups in total. The molecule has 2 aliphatic heterocycles. The average Bonchev–Trinajstić information content (AvgIpc) is 3.83. The van der Waals surface area contributed by atoms with E-state index in [2.05, 4.69) is 26.3 Å². The number of phenolic OH excluding ortho intramolecular Hbond substituents is 2. The van der Waals surface area contributed by atoms with Crippen molar-refractivity contribution in [2.45, 2.75) is 37.7 Å². The van der Waals surface area contributed by atoms with E-state index in [9.17, 15) is 29.4 Å². The Morgan fingerprint density at radius 3 is 1.71 bits per heavy atom. The summed E-state index contributed by atoms with van der Waals surface area (Å²) in [5.74, 6) is -1.03. The van der Waals surface area contributed by atoms with Crippen LogP contribution in [0.1, 0.15) is 89.5 Å². The fourth-order valence-electron chi connectivity index (χ4n) is 7.44. The number of aromatic hydroxyl groups is 2. The molecule has 3 amide bonds. The van der Waals surface area contributed by atoms with Gasteiger partial charge < -0.3 is 49.8 Å². The maximum Gasteiger partial charge on any atom is 0.340 e. The number of fused-ring (bicyclic) bond motifs is 6. The first-order valence-corrected chi connectivity index (χ1v) is 20.9. The van der Waals surface area contributed by atoms with Gasteiger partial charge in [0.1, 0.15) is 23.0 Å². The topological polar surface area (TPSA) is 222 Å². The van der Waals surface area contributed by atoms with Gasteiger partial charge in [0.25, 0.3) is 17.7 Å². The number of esters is 1. The molecule has 4 aromatic carbocycles. The lowest BCUT2D eigenvalue weighted by atomic mass is 9.77. The van der Waals surface area contributed by atoms with Crippen molar-refractivity contribution in [3.8, 4) is 23.0 Å². The zero-order chi connectivity index (χ0) is 44.2. The molecule has 0 saturated heterocycles. The van der Waals surface area contributed by atoms with Crippen LogP contribution in [0.15, 0.2) is 85.1 Å². The summed E-state index contributed by atoms with van der Waals surface area (Å²) < 4.78 is 30.4. The average molecular weight is 863 g/mol. The number of phenols is 2. The standard InChI is InChI=1S/C46H50N6O11/c1-52-29-33(50-51-52)6-4-2-3-5-17-47-42(55)30-7-9-31(10-8-30)43(56)48-18-20-59-22-24-61-25-23-60-21-19-49-44(57)32-11-14-37-36(26-32)45(58)63-46(37)38-15-12-34(53)27-40(38)62-41-28-35(54)13-16-39(41)46/h7-16,26-29,53-54H,2-6,17-25H2,1H3,(H,47,55)(H,48,56)(H,49,57). The number of carbonyl (C=O) groups is 4. The minimum absolute atomic E-state index is 0.0452. The van der Waals surface area contributed by atoms with E-state index in [1.54, 1.807) is 53.2 Å². The second-order valence-corrected chi connectivity index (χ2v) is 15.0. The molecule has 0 unspecified atom stereocenters. The van der Waals surface area contributed by atoms with Crippen LogP contribution in [0.2, 0.25) is 0 Å². The Labute approximate surface area is 363 Å².